The number of aryl methyl sites for hydroxylation is 1. The zero-order valence-corrected chi connectivity index (χ0v) is 17.1. The van der Waals surface area contributed by atoms with Gasteiger partial charge in [0.2, 0.25) is 0 Å². The van der Waals surface area contributed by atoms with Gasteiger partial charge < -0.3 is 9.30 Å². The molecule has 0 spiro atoms. The molecule has 5 nitrogen and oxygen atoms in total. The molecule has 2 heterocycles. The molecule has 1 aliphatic rings. The van der Waals surface area contributed by atoms with E-state index in [1.165, 1.54) is 25.5 Å². The highest BCUT2D eigenvalue weighted by atomic mass is 16.5. The maximum atomic E-state index is 12.1. The quantitative estimate of drug-likeness (QED) is 0.439. The Kier molecular flexibility index (Phi) is 4.58. The number of benzene rings is 2. The molecule has 0 bridgehead atoms. The average molecular weight is 397 g/mol. The van der Waals surface area contributed by atoms with E-state index in [2.05, 4.69) is 40.7 Å². The summed E-state index contributed by atoms with van der Waals surface area (Å²) in [4.78, 5) is 21.7. The van der Waals surface area contributed by atoms with E-state index in [1.807, 2.05) is 30.5 Å². The zero-order valence-electron chi connectivity index (χ0n) is 17.1. The van der Waals surface area contributed by atoms with Crippen molar-refractivity contribution in [3.05, 3.63) is 83.3 Å². The first-order chi connectivity index (χ1) is 14.7. The van der Waals surface area contributed by atoms with Gasteiger partial charge in [0.25, 0.3) is 0 Å². The fourth-order valence-electron chi connectivity index (χ4n) is 3.96. The van der Waals surface area contributed by atoms with E-state index in [9.17, 15) is 4.79 Å². The number of imidazole rings is 1. The highest BCUT2D eigenvalue weighted by molar-refractivity contribution is 5.97. The summed E-state index contributed by atoms with van der Waals surface area (Å²) in [5, 5.41) is 0. The first-order valence-electron chi connectivity index (χ1n) is 10.2. The Balaban J connectivity index is 1.49. The number of methoxy groups -OCH3 is 1. The molecular formula is C25H23N3O2. The third-order valence-corrected chi connectivity index (χ3v) is 5.75. The van der Waals surface area contributed by atoms with Crippen molar-refractivity contribution in [1.29, 1.82) is 0 Å². The molecular weight excluding hydrogens is 374 g/mol. The Morgan fingerprint density at radius 3 is 2.60 bits per heavy atom. The van der Waals surface area contributed by atoms with Crippen LogP contribution in [0.3, 0.4) is 0 Å². The Morgan fingerprint density at radius 1 is 1.10 bits per heavy atom. The van der Waals surface area contributed by atoms with Crippen LogP contribution in [-0.4, -0.2) is 27.6 Å². The number of pyridine rings is 1. The van der Waals surface area contributed by atoms with Crippen LogP contribution in [0.4, 0.5) is 0 Å². The molecule has 150 valence electrons. The largest absolute Gasteiger partial charge is 0.465 e. The van der Waals surface area contributed by atoms with E-state index >= 15 is 0 Å². The zero-order chi connectivity index (χ0) is 20.7. The molecule has 0 atom stereocenters. The van der Waals surface area contributed by atoms with E-state index in [-0.39, 0.29) is 5.97 Å². The number of nitrogens with zero attached hydrogens (tertiary/aromatic N) is 3. The molecule has 30 heavy (non-hydrogen) atoms. The molecule has 4 aromatic rings. The van der Waals surface area contributed by atoms with E-state index in [1.54, 1.807) is 6.07 Å². The molecule has 1 fully saturated rings. The molecule has 0 aliphatic heterocycles. The van der Waals surface area contributed by atoms with Crippen LogP contribution in [0.15, 0.2) is 60.8 Å². The summed E-state index contributed by atoms with van der Waals surface area (Å²) in [7, 11) is 1.41. The number of rotatable bonds is 5. The van der Waals surface area contributed by atoms with Crippen molar-refractivity contribution in [1.82, 2.24) is 14.5 Å². The van der Waals surface area contributed by atoms with Gasteiger partial charge in [-0.3, -0.25) is 0 Å². The molecule has 1 saturated carbocycles. The standard InChI is InChI=1S/C25H23N3O2/c1-16-13-14-26-24-22(16)27-23(19-11-12-19)28(24)15-17-7-9-18(10-8-17)20-5-3-4-6-21(20)25(29)30-2/h3-10,13-14,19H,11-12,15H2,1-2H3. The first kappa shape index (κ1) is 18.6. The van der Waals surface area contributed by atoms with Crippen LogP contribution in [0, 0.1) is 6.92 Å². The molecule has 2 aromatic heterocycles. The number of aromatic nitrogens is 3. The van der Waals surface area contributed by atoms with Crippen LogP contribution < -0.4 is 0 Å². The summed E-state index contributed by atoms with van der Waals surface area (Å²) in [5.41, 5.74) is 6.74. The summed E-state index contributed by atoms with van der Waals surface area (Å²) in [5.74, 6) is 1.37. The van der Waals surface area contributed by atoms with Crippen LogP contribution in [0.2, 0.25) is 0 Å². The molecule has 0 radical (unpaired) electrons. The summed E-state index contributed by atoms with van der Waals surface area (Å²) < 4.78 is 7.19. The molecule has 0 unspecified atom stereocenters. The topological polar surface area (TPSA) is 57.0 Å². The molecule has 0 N–H and O–H groups in total. The number of hydrogen-bond donors (Lipinski definition) is 0. The van der Waals surface area contributed by atoms with Crippen molar-refractivity contribution >= 4 is 17.1 Å². The highest BCUT2D eigenvalue weighted by Gasteiger charge is 2.30. The van der Waals surface area contributed by atoms with Gasteiger partial charge in [-0.25, -0.2) is 14.8 Å². The molecule has 1 aliphatic carbocycles. The maximum Gasteiger partial charge on any atom is 0.338 e. The van der Waals surface area contributed by atoms with Crippen molar-refractivity contribution < 1.29 is 9.53 Å². The fraction of sp³-hybridized carbons (Fsp3) is 0.240. The minimum atomic E-state index is -0.324. The number of carbonyl (C=O) groups is 1. The average Bonchev–Trinajstić information content (AvgIpc) is 3.56. The second-order valence-electron chi connectivity index (χ2n) is 7.86. The van der Waals surface area contributed by atoms with Gasteiger partial charge in [0, 0.05) is 12.1 Å². The van der Waals surface area contributed by atoms with Crippen LogP contribution in [0.1, 0.15) is 46.1 Å². The molecule has 2 aromatic carbocycles. The lowest BCUT2D eigenvalue weighted by atomic mass is 9.98. The monoisotopic (exact) mass is 397 g/mol. The van der Waals surface area contributed by atoms with Gasteiger partial charge in [-0.05, 0) is 54.2 Å². The van der Waals surface area contributed by atoms with Gasteiger partial charge in [0.1, 0.15) is 11.3 Å². The summed E-state index contributed by atoms with van der Waals surface area (Å²) in [6.45, 7) is 2.82. The first-order valence-corrected chi connectivity index (χ1v) is 10.2. The second kappa shape index (κ2) is 7.41. The van der Waals surface area contributed by atoms with Crippen molar-refractivity contribution in [2.75, 3.05) is 7.11 Å². The predicted octanol–water partition coefficient (Wildman–Crippen LogP) is 5.12. The smallest absolute Gasteiger partial charge is 0.338 e. The second-order valence-corrected chi connectivity index (χ2v) is 7.86. The molecule has 0 amide bonds. The van der Waals surface area contributed by atoms with Crippen LogP contribution in [-0.2, 0) is 11.3 Å². The van der Waals surface area contributed by atoms with Crippen molar-refractivity contribution in [3.63, 3.8) is 0 Å². The van der Waals surface area contributed by atoms with Crippen LogP contribution in [0.25, 0.3) is 22.3 Å². The van der Waals surface area contributed by atoms with E-state index in [0.717, 1.165) is 40.2 Å². The minimum Gasteiger partial charge on any atom is -0.465 e. The number of esters is 1. The number of hydrogen-bond acceptors (Lipinski definition) is 4. The van der Waals surface area contributed by atoms with Gasteiger partial charge in [0.15, 0.2) is 5.65 Å². The normalized spacial score (nSPS) is 13.5. The van der Waals surface area contributed by atoms with Gasteiger partial charge in [-0.15, -0.1) is 0 Å². The summed E-state index contributed by atoms with van der Waals surface area (Å²) >= 11 is 0. The van der Waals surface area contributed by atoms with Crippen molar-refractivity contribution in [2.45, 2.75) is 32.2 Å². The van der Waals surface area contributed by atoms with E-state index < -0.39 is 0 Å². The van der Waals surface area contributed by atoms with Gasteiger partial charge >= 0.3 is 5.97 Å². The Hall–Kier alpha value is -3.47. The third-order valence-electron chi connectivity index (χ3n) is 5.75. The Bertz CT molecular complexity index is 1240. The van der Waals surface area contributed by atoms with Crippen LogP contribution in [0.5, 0.6) is 0 Å². The van der Waals surface area contributed by atoms with Crippen molar-refractivity contribution in [3.8, 4) is 11.1 Å². The fourth-order valence-corrected chi connectivity index (χ4v) is 3.96. The minimum absolute atomic E-state index is 0.324. The van der Waals surface area contributed by atoms with E-state index in [4.69, 9.17) is 9.72 Å². The number of ether oxygens (including phenoxy) is 1. The van der Waals surface area contributed by atoms with Gasteiger partial charge in [-0.2, -0.15) is 0 Å². The molecule has 5 rings (SSSR count). The Morgan fingerprint density at radius 2 is 1.87 bits per heavy atom. The third kappa shape index (κ3) is 3.26. The number of carbonyl (C=O) groups excluding carboxylic acids is 1. The van der Waals surface area contributed by atoms with Gasteiger partial charge in [0.05, 0.1) is 19.2 Å². The number of fused-ring (bicyclic) bond motifs is 1. The Labute approximate surface area is 175 Å². The highest BCUT2D eigenvalue weighted by Crippen LogP contribution is 2.41. The lowest BCUT2D eigenvalue weighted by Crippen LogP contribution is -2.05. The summed E-state index contributed by atoms with van der Waals surface area (Å²) in [6, 6.07) is 17.9. The predicted molar refractivity (Wildman–Crippen MR) is 117 cm³/mol. The maximum absolute atomic E-state index is 12.1. The van der Waals surface area contributed by atoms with Crippen LogP contribution >= 0.6 is 0 Å². The summed E-state index contributed by atoms with van der Waals surface area (Å²) in [6.07, 6.45) is 4.26. The lowest BCUT2D eigenvalue weighted by Gasteiger charge is -2.11. The SMILES string of the molecule is COC(=O)c1ccccc1-c1ccc(Cn2c(C3CC3)nc3c(C)ccnc32)cc1. The van der Waals surface area contributed by atoms with E-state index in [0.29, 0.717) is 11.5 Å². The van der Waals surface area contributed by atoms with Crippen molar-refractivity contribution in [2.24, 2.45) is 0 Å². The molecule has 0 saturated heterocycles. The van der Waals surface area contributed by atoms with Gasteiger partial charge in [-0.1, -0.05) is 42.5 Å². The molecule has 5 heteroatoms. The lowest BCUT2D eigenvalue weighted by molar-refractivity contribution is 0.0601.